The van der Waals surface area contributed by atoms with Crippen LogP contribution in [0.25, 0.3) is 21.7 Å². The smallest absolute Gasteiger partial charge is 0.322 e. The Hall–Kier alpha value is -3.36. The topological polar surface area (TPSA) is 103 Å². The molecule has 8 heteroatoms. The maximum Gasteiger partial charge on any atom is 0.322 e. The molecule has 0 saturated carbocycles. The summed E-state index contributed by atoms with van der Waals surface area (Å²) in [5.74, 6) is -1.24. The van der Waals surface area contributed by atoms with Crippen molar-refractivity contribution in [2.75, 3.05) is 19.0 Å². The van der Waals surface area contributed by atoms with E-state index in [1.54, 1.807) is 18.2 Å². The van der Waals surface area contributed by atoms with Crippen molar-refractivity contribution in [3.63, 3.8) is 0 Å². The van der Waals surface area contributed by atoms with E-state index in [1.165, 1.54) is 6.07 Å². The predicted octanol–water partition coefficient (Wildman–Crippen LogP) is 3.36. The van der Waals surface area contributed by atoms with Crippen LogP contribution in [-0.2, 0) is 21.2 Å². The van der Waals surface area contributed by atoms with Gasteiger partial charge < -0.3 is 15.0 Å². The normalized spacial score (nSPS) is 12.8. The Balaban J connectivity index is 1.69. The summed E-state index contributed by atoms with van der Waals surface area (Å²) in [4.78, 5) is 17.0. The van der Waals surface area contributed by atoms with Crippen LogP contribution in [0, 0.1) is 0 Å². The number of benzene rings is 3. The first-order valence-electron chi connectivity index (χ1n) is 9.77. The molecule has 1 heterocycles. The molecule has 0 aliphatic heterocycles. The van der Waals surface area contributed by atoms with Crippen molar-refractivity contribution < 1.29 is 18.3 Å². The van der Waals surface area contributed by atoms with Gasteiger partial charge in [0.15, 0.2) is 0 Å². The Morgan fingerprint density at radius 3 is 2.45 bits per heavy atom. The summed E-state index contributed by atoms with van der Waals surface area (Å²) in [5, 5.41) is 12.0. The molecule has 0 fully saturated rings. The second kappa shape index (κ2) is 8.05. The zero-order valence-corrected chi connectivity index (χ0v) is 18.0. The number of nitrogens with zero attached hydrogens (tertiary/aromatic N) is 1. The van der Waals surface area contributed by atoms with Gasteiger partial charge in [0.2, 0.25) is 10.0 Å². The number of carboxylic acids is 1. The molecule has 3 aromatic carbocycles. The SMILES string of the molecule is CN(C)c1cccc2c(S(=O)(=O)N[C@@H](Cc3cc4ccccc4[nH]3)C(=O)O)cccc12. The quantitative estimate of drug-likeness (QED) is 0.411. The zero-order chi connectivity index (χ0) is 22.2. The monoisotopic (exact) mass is 437 g/mol. The van der Waals surface area contributed by atoms with Gasteiger partial charge in [-0.2, -0.15) is 4.72 Å². The number of aromatic amines is 1. The summed E-state index contributed by atoms with van der Waals surface area (Å²) in [6.45, 7) is 0. The first-order valence-corrected chi connectivity index (χ1v) is 11.3. The third-order valence-corrected chi connectivity index (χ3v) is 6.77. The van der Waals surface area contributed by atoms with Crippen LogP contribution in [0.3, 0.4) is 0 Å². The second-order valence-electron chi connectivity index (χ2n) is 7.62. The lowest BCUT2D eigenvalue weighted by Crippen LogP contribution is -2.42. The number of carboxylic acid groups (broad SMARTS) is 1. The van der Waals surface area contributed by atoms with Crippen molar-refractivity contribution in [1.82, 2.24) is 9.71 Å². The van der Waals surface area contributed by atoms with Gasteiger partial charge in [-0.25, -0.2) is 8.42 Å². The average Bonchev–Trinajstić information content (AvgIpc) is 3.14. The summed E-state index contributed by atoms with van der Waals surface area (Å²) >= 11 is 0. The Morgan fingerprint density at radius 2 is 1.74 bits per heavy atom. The van der Waals surface area contributed by atoms with E-state index in [-0.39, 0.29) is 11.3 Å². The maximum absolute atomic E-state index is 13.2. The number of aliphatic carboxylic acids is 1. The molecule has 0 aliphatic rings. The molecule has 0 saturated heterocycles. The minimum Gasteiger partial charge on any atom is -0.480 e. The van der Waals surface area contributed by atoms with Crippen molar-refractivity contribution in [2.24, 2.45) is 0 Å². The molecule has 160 valence electrons. The van der Waals surface area contributed by atoms with E-state index in [4.69, 9.17) is 0 Å². The number of hydrogen-bond acceptors (Lipinski definition) is 4. The van der Waals surface area contributed by atoms with Crippen LogP contribution in [-0.4, -0.2) is 44.6 Å². The van der Waals surface area contributed by atoms with Crippen molar-refractivity contribution in [2.45, 2.75) is 17.4 Å². The van der Waals surface area contributed by atoms with Gasteiger partial charge in [-0.3, -0.25) is 4.79 Å². The van der Waals surface area contributed by atoms with Gasteiger partial charge >= 0.3 is 5.97 Å². The summed E-state index contributed by atoms with van der Waals surface area (Å²) in [6, 6.07) is 18.5. The van der Waals surface area contributed by atoms with Crippen LogP contribution < -0.4 is 9.62 Å². The first-order chi connectivity index (χ1) is 14.8. The maximum atomic E-state index is 13.2. The minimum absolute atomic E-state index is 0.00302. The largest absolute Gasteiger partial charge is 0.480 e. The standard InChI is InChI=1S/C23H23N3O4S/c1-26(2)21-11-5-9-18-17(21)8-6-12-22(18)31(29,30)25-20(23(27)28)14-16-13-15-7-3-4-10-19(15)24-16/h3-13,20,24-25H,14H2,1-2H3,(H,27,28)/t20-/m0/s1. The number of hydrogen-bond donors (Lipinski definition) is 3. The number of aromatic nitrogens is 1. The van der Waals surface area contributed by atoms with Crippen LogP contribution in [0.5, 0.6) is 0 Å². The van der Waals surface area contributed by atoms with Crippen molar-refractivity contribution in [3.8, 4) is 0 Å². The van der Waals surface area contributed by atoms with Crippen LogP contribution in [0.4, 0.5) is 5.69 Å². The van der Waals surface area contributed by atoms with Crippen LogP contribution in [0.15, 0.2) is 71.6 Å². The van der Waals surface area contributed by atoms with E-state index in [9.17, 15) is 18.3 Å². The number of anilines is 1. The number of sulfonamides is 1. The molecule has 0 radical (unpaired) electrons. The number of nitrogens with one attached hydrogen (secondary N) is 2. The third-order valence-electron chi connectivity index (χ3n) is 5.24. The van der Waals surface area contributed by atoms with Crippen LogP contribution >= 0.6 is 0 Å². The highest BCUT2D eigenvalue weighted by Crippen LogP contribution is 2.30. The molecule has 0 spiro atoms. The van der Waals surface area contributed by atoms with Crippen LogP contribution in [0.1, 0.15) is 5.69 Å². The molecule has 31 heavy (non-hydrogen) atoms. The molecule has 4 rings (SSSR count). The Kier molecular flexibility index (Phi) is 5.43. The van der Waals surface area contributed by atoms with Gasteiger partial charge in [0.25, 0.3) is 0 Å². The molecule has 4 aromatic rings. The van der Waals surface area contributed by atoms with E-state index in [0.29, 0.717) is 11.1 Å². The molecule has 0 aliphatic carbocycles. The fourth-order valence-electron chi connectivity index (χ4n) is 3.78. The first kappa shape index (κ1) is 20.9. The lowest BCUT2D eigenvalue weighted by molar-refractivity contribution is -0.138. The number of carbonyl (C=O) groups is 1. The van der Waals surface area contributed by atoms with Gasteiger partial charge in [-0.15, -0.1) is 0 Å². The Morgan fingerprint density at radius 1 is 1.03 bits per heavy atom. The highest BCUT2D eigenvalue weighted by Gasteiger charge is 2.27. The highest BCUT2D eigenvalue weighted by molar-refractivity contribution is 7.89. The predicted molar refractivity (Wildman–Crippen MR) is 122 cm³/mol. The van der Waals surface area contributed by atoms with Gasteiger partial charge in [0, 0.05) is 48.2 Å². The lowest BCUT2D eigenvalue weighted by atomic mass is 10.1. The van der Waals surface area contributed by atoms with Gasteiger partial charge in [0.1, 0.15) is 6.04 Å². The Labute approximate surface area is 180 Å². The fraction of sp³-hybridized carbons (Fsp3) is 0.174. The number of fused-ring (bicyclic) bond motifs is 2. The lowest BCUT2D eigenvalue weighted by Gasteiger charge is -2.18. The molecule has 3 N–H and O–H groups in total. The third kappa shape index (κ3) is 4.12. The van der Waals surface area contributed by atoms with Gasteiger partial charge in [0.05, 0.1) is 4.90 Å². The van der Waals surface area contributed by atoms with Crippen LogP contribution in [0.2, 0.25) is 0 Å². The number of H-pyrrole nitrogens is 1. The summed E-state index contributed by atoms with van der Waals surface area (Å²) < 4.78 is 28.8. The van der Waals surface area contributed by atoms with Crippen molar-refractivity contribution in [3.05, 3.63) is 72.4 Å². The van der Waals surface area contributed by atoms with E-state index < -0.39 is 22.0 Å². The molecular formula is C23H23N3O4S. The van der Waals surface area contributed by atoms with E-state index in [2.05, 4.69) is 9.71 Å². The number of rotatable bonds is 7. The summed E-state index contributed by atoms with van der Waals surface area (Å²) in [6.07, 6.45) is -0.00302. The van der Waals surface area contributed by atoms with Gasteiger partial charge in [-0.05, 0) is 29.7 Å². The number of para-hydroxylation sites is 1. The highest BCUT2D eigenvalue weighted by atomic mass is 32.2. The van der Waals surface area contributed by atoms with E-state index in [0.717, 1.165) is 22.0 Å². The fourth-order valence-corrected chi connectivity index (χ4v) is 5.19. The summed E-state index contributed by atoms with van der Waals surface area (Å²) in [7, 11) is -0.319. The molecule has 1 aromatic heterocycles. The molecule has 0 amide bonds. The van der Waals surface area contributed by atoms with E-state index in [1.807, 2.05) is 61.5 Å². The molecule has 0 unspecified atom stereocenters. The second-order valence-corrected chi connectivity index (χ2v) is 9.30. The van der Waals surface area contributed by atoms with Crippen molar-refractivity contribution in [1.29, 1.82) is 0 Å². The molecule has 1 atom stereocenters. The van der Waals surface area contributed by atoms with Gasteiger partial charge in [-0.1, -0.05) is 42.5 Å². The minimum atomic E-state index is -4.09. The zero-order valence-electron chi connectivity index (χ0n) is 17.2. The van der Waals surface area contributed by atoms with E-state index >= 15 is 0 Å². The molecule has 7 nitrogen and oxygen atoms in total. The summed E-state index contributed by atoms with van der Waals surface area (Å²) in [5.41, 5.74) is 2.39. The Bertz CT molecular complexity index is 1340. The average molecular weight is 438 g/mol. The van der Waals surface area contributed by atoms with Crippen molar-refractivity contribution >= 4 is 43.4 Å². The molecule has 0 bridgehead atoms. The molecular weight excluding hydrogens is 414 g/mol.